The Bertz CT molecular complexity index is 846. The number of anilines is 1. The molecule has 0 unspecified atom stereocenters. The summed E-state index contributed by atoms with van der Waals surface area (Å²) in [5.74, 6) is 0.00872. The van der Waals surface area contributed by atoms with Crippen LogP contribution in [0, 0.1) is 12.7 Å². The summed E-state index contributed by atoms with van der Waals surface area (Å²) in [7, 11) is 0. The first-order valence-corrected chi connectivity index (χ1v) is 7.20. The smallest absolute Gasteiger partial charge is 0.263 e. The van der Waals surface area contributed by atoms with Gasteiger partial charge in [0.2, 0.25) is 5.82 Å². The lowest BCUT2D eigenvalue weighted by atomic mass is 10.1. The molecule has 0 aliphatic carbocycles. The SMILES string of the molecule is Cc1ccccc1OCC(=O)Nc1nonc1-c1ccc(F)cc1. The molecule has 0 fully saturated rings. The number of halogens is 1. The van der Waals surface area contributed by atoms with E-state index in [1.807, 2.05) is 25.1 Å². The lowest BCUT2D eigenvalue weighted by Gasteiger charge is -2.08. The van der Waals surface area contributed by atoms with Crippen LogP contribution in [0.5, 0.6) is 5.75 Å². The summed E-state index contributed by atoms with van der Waals surface area (Å²) in [6.07, 6.45) is 0. The minimum atomic E-state index is -0.405. The third-order valence-corrected chi connectivity index (χ3v) is 3.32. The molecule has 0 aliphatic heterocycles. The number of para-hydroxylation sites is 1. The fraction of sp³-hybridized carbons (Fsp3) is 0.118. The number of carbonyl (C=O) groups is 1. The Labute approximate surface area is 137 Å². The molecule has 1 heterocycles. The molecule has 1 aromatic heterocycles. The van der Waals surface area contributed by atoms with Crippen LogP contribution in [0.2, 0.25) is 0 Å². The minimum Gasteiger partial charge on any atom is -0.483 e. The van der Waals surface area contributed by atoms with Crippen molar-refractivity contribution < 1.29 is 18.6 Å². The van der Waals surface area contributed by atoms with Gasteiger partial charge in [0.25, 0.3) is 5.91 Å². The lowest BCUT2D eigenvalue weighted by molar-refractivity contribution is -0.118. The van der Waals surface area contributed by atoms with Gasteiger partial charge in [-0.25, -0.2) is 9.02 Å². The van der Waals surface area contributed by atoms with Gasteiger partial charge in [-0.15, -0.1) is 0 Å². The molecule has 3 rings (SSSR count). The van der Waals surface area contributed by atoms with E-state index in [0.717, 1.165) is 5.56 Å². The summed E-state index contributed by atoms with van der Waals surface area (Å²) in [4.78, 5) is 12.0. The molecule has 0 atom stereocenters. The van der Waals surface area contributed by atoms with Crippen LogP contribution in [0.4, 0.5) is 10.2 Å². The van der Waals surface area contributed by atoms with Gasteiger partial charge in [0, 0.05) is 5.56 Å². The van der Waals surface area contributed by atoms with Gasteiger partial charge in [0.1, 0.15) is 11.6 Å². The zero-order valence-corrected chi connectivity index (χ0v) is 12.8. The fourth-order valence-electron chi connectivity index (χ4n) is 2.10. The lowest BCUT2D eigenvalue weighted by Crippen LogP contribution is -2.21. The predicted octanol–water partition coefficient (Wildman–Crippen LogP) is 3.20. The Balaban J connectivity index is 1.66. The molecular formula is C17H14FN3O3. The molecule has 0 bridgehead atoms. The molecule has 7 heteroatoms. The molecule has 0 radical (unpaired) electrons. The summed E-state index contributed by atoms with van der Waals surface area (Å²) >= 11 is 0. The molecule has 0 spiro atoms. The Hall–Kier alpha value is -3.22. The number of nitrogens with one attached hydrogen (secondary N) is 1. The maximum Gasteiger partial charge on any atom is 0.263 e. The van der Waals surface area contributed by atoms with Gasteiger partial charge in [0.05, 0.1) is 0 Å². The first-order valence-electron chi connectivity index (χ1n) is 7.20. The molecule has 0 aliphatic rings. The van der Waals surface area contributed by atoms with Gasteiger partial charge < -0.3 is 10.1 Å². The highest BCUT2D eigenvalue weighted by Gasteiger charge is 2.15. The number of nitrogens with zero attached hydrogens (tertiary/aromatic N) is 2. The number of hydrogen-bond donors (Lipinski definition) is 1. The molecule has 2 aromatic carbocycles. The second-order valence-corrected chi connectivity index (χ2v) is 5.07. The molecule has 122 valence electrons. The number of rotatable bonds is 5. The van der Waals surface area contributed by atoms with Crippen molar-refractivity contribution in [2.24, 2.45) is 0 Å². The van der Waals surface area contributed by atoms with Crippen molar-refractivity contribution in [1.29, 1.82) is 0 Å². The molecule has 0 saturated carbocycles. The fourth-order valence-corrected chi connectivity index (χ4v) is 2.10. The summed E-state index contributed by atoms with van der Waals surface area (Å²) in [5.41, 5.74) is 1.83. The molecule has 6 nitrogen and oxygen atoms in total. The predicted molar refractivity (Wildman–Crippen MR) is 85.0 cm³/mol. The van der Waals surface area contributed by atoms with E-state index in [-0.39, 0.29) is 18.2 Å². The van der Waals surface area contributed by atoms with E-state index in [0.29, 0.717) is 17.0 Å². The van der Waals surface area contributed by atoms with E-state index in [4.69, 9.17) is 4.74 Å². The Kier molecular flexibility index (Phi) is 4.51. The average molecular weight is 327 g/mol. The maximum absolute atomic E-state index is 13.0. The van der Waals surface area contributed by atoms with Crippen molar-refractivity contribution in [3.8, 4) is 17.0 Å². The third-order valence-electron chi connectivity index (χ3n) is 3.32. The van der Waals surface area contributed by atoms with Gasteiger partial charge in [-0.3, -0.25) is 4.79 Å². The Morgan fingerprint density at radius 2 is 1.92 bits per heavy atom. The number of carbonyl (C=O) groups excluding carboxylic acids is 1. The first-order chi connectivity index (χ1) is 11.6. The summed E-state index contributed by atoms with van der Waals surface area (Å²) < 4.78 is 23.1. The molecule has 1 amide bonds. The van der Waals surface area contributed by atoms with Crippen molar-refractivity contribution in [3.63, 3.8) is 0 Å². The van der Waals surface area contributed by atoms with Crippen molar-refractivity contribution in [3.05, 3.63) is 59.9 Å². The normalized spacial score (nSPS) is 10.4. The van der Waals surface area contributed by atoms with E-state index in [1.54, 1.807) is 6.07 Å². The van der Waals surface area contributed by atoms with Crippen LogP contribution in [0.3, 0.4) is 0 Å². The third kappa shape index (κ3) is 3.57. The second-order valence-electron chi connectivity index (χ2n) is 5.07. The van der Waals surface area contributed by atoms with Crippen molar-refractivity contribution >= 4 is 11.7 Å². The highest BCUT2D eigenvalue weighted by molar-refractivity contribution is 5.94. The summed E-state index contributed by atoms with van der Waals surface area (Å²) in [6, 6.07) is 13.0. The van der Waals surface area contributed by atoms with E-state index in [9.17, 15) is 9.18 Å². The van der Waals surface area contributed by atoms with Gasteiger partial charge in [-0.05, 0) is 53.1 Å². The zero-order valence-electron chi connectivity index (χ0n) is 12.8. The van der Waals surface area contributed by atoms with Gasteiger partial charge in [-0.2, -0.15) is 0 Å². The number of ether oxygens (including phenoxy) is 1. The quantitative estimate of drug-likeness (QED) is 0.778. The van der Waals surface area contributed by atoms with Gasteiger partial charge >= 0.3 is 0 Å². The van der Waals surface area contributed by atoms with Crippen LogP contribution in [0.25, 0.3) is 11.3 Å². The molecule has 0 saturated heterocycles. The second kappa shape index (κ2) is 6.91. The van der Waals surface area contributed by atoms with Crippen LogP contribution < -0.4 is 10.1 Å². The number of amides is 1. The van der Waals surface area contributed by atoms with Crippen LogP contribution in [0.1, 0.15) is 5.56 Å². The van der Waals surface area contributed by atoms with Gasteiger partial charge in [0.15, 0.2) is 12.3 Å². The van der Waals surface area contributed by atoms with E-state index < -0.39 is 5.91 Å². The Morgan fingerprint density at radius 1 is 1.17 bits per heavy atom. The highest BCUT2D eigenvalue weighted by Crippen LogP contribution is 2.24. The van der Waals surface area contributed by atoms with Crippen molar-refractivity contribution in [2.75, 3.05) is 11.9 Å². The largest absolute Gasteiger partial charge is 0.483 e. The standard InChI is InChI=1S/C17H14FN3O3/c1-11-4-2-3-5-14(11)23-10-15(22)19-17-16(20-24-21-17)12-6-8-13(18)9-7-12/h2-9H,10H2,1H3,(H,19,21,22). The van der Waals surface area contributed by atoms with Crippen LogP contribution in [-0.2, 0) is 4.79 Å². The minimum absolute atomic E-state index is 0.153. The van der Waals surface area contributed by atoms with Crippen molar-refractivity contribution in [1.82, 2.24) is 10.3 Å². The number of benzene rings is 2. The summed E-state index contributed by atoms with van der Waals surface area (Å²) in [5, 5.41) is 9.97. The first kappa shape index (κ1) is 15.7. The van der Waals surface area contributed by atoms with Gasteiger partial charge in [-0.1, -0.05) is 18.2 Å². The monoisotopic (exact) mass is 327 g/mol. The Morgan fingerprint density at radius 3 is 2.67 bits per heavy atom. The molecule has 3 aromatic rings. The van der Waals surface area contributed by atoms with E-state index >= 15 is 0 Å². The van der Waals surface area contributed by atoms with E-state index in [2.05, 4.69) is 20.3 Å². The molecular weight excluding hydrogens is 313 g/mol. The highest BCUT2D eigenvalue weighted by atomic mass is 19.1. The zero-order chi connectivity index (χ0) is 16.9. The summed E-state index contributed by atoms with van der Waals surface area (Å²) in [6.45, 7) is 1.71. The molecule has 1 N–H and O–H groups in total. The van der Waals surface area contributed by atoms with Crippen LogP contribution >= 0.6 is 0 Å². The number of aryl methyl sites for hydroxylation is 1. The van der Waals surface area contributed by atoms with Crippen molar-refractivity contribution in [2.45, 2.75) is 6.92 Å². The van der Waals surface area contributed by atoms with E-state index in [1.165, 1.54) is 24.3 Å². The maximum atomic E-state index is 13.0. The number of aromatic nitrogens is 2. The molecule has 24 heavy (non-hydrogen) atoms. The van der Waals surface area contributed by atoms with Crippen LogP contribution in [0.15, 0.2) is 53.2 Å². The average Bonchev–Trinajstić information content (AvgIpc) is 3.03. The van der Waals surface area contributed by atoms with Crippen LogP contribution in [-0.4, -0.2) is 22.8 Å². The topological polar surface area (TPSA) is 77.2 Å². The number of hydrogen-bond acceptors (Lipinski definition) is 5.